The summed E-state index contributed by atoms with van der Waals surface area (Å²) in [6.45, 7) is 3.50. The van der Waals surface area contributed by atoms with Crippen molar-refractivity contribution in [2.75, 3.05) is 13.1 Å². The normalized spacial score (nSPS) is 23.1. The van der Waals surface area contributed by atoms with Crippen molar-refractivity contribution in [1.29, 1.82) is 5.26 Å². The van der Waals surface area contributed by atoms with Crippen LogP contribution in [0, 0.1) is 18.3 Å². The maximum atomic E-state index is 12.5. The zero-order valence-corrected chi connectivity index (χ0v) is 12.9. The molecule has 21 heavy (non-hydrogen) atoms. The topological polar surface area (TPSA) is 73.2 Å². The van der Waals surface area contributed by atoms with Gasteiger partial charge in [0.15, 0.2) is 0 Å². The monoisotopic (exact) mass is 305 g/mol. The van der Waals surface area contributed by atoms with Crippen molar-refractivity contribution < 1.29 is 8.42 Å². The summed E-state index contributed by atoms with van der Waals surface area (Å²) in [5.41, 5.74) is 1.09. The van der Waals surface area contributed by atoms with Gasteiger partial charge in [-0.3, -0.25) is 4.90 Å². The molecule has 0 spiro atoms. The fourth-order valence-corrected chi connectivity index (χ4v) is 4.45. The summed E-state index contributed by atoms with van der Waals surface area (Å²) in [6.07, 6.45) is 3.35. The second kappa shape index (κ2) is 5.41. The Hall–Kier alpha value is -1.42. The Morgan fingerprint density at radius 2 is 2.10 bits per heavy atom. The number of rotatable bonds is 4. The van der Waals surface area contributed by atoms with E-state index >= 15 is 0 Å². The van der Waals surface area contributed by atoms with Crippen molar-refractivity contribution in [3.63, 3.8) is 0 Å². The first-order chi connectivity index (χ1) is 9.99. The fourth-order valence-electron chi connectivity index (χ4n) is 2.96. The van der Waals surface area contributed by atoms with E-state index in [4.69, 9.17) is 5.26 Å². The number of likely N-dealkylation sites (tertiary alicyclic amines) is 1. The lowest BCUT2D eigenvalue weighted by atomic mass is 10.2. The van der Waals surface area contributed by atoms with Crippen LogP contribution < -0.4 is 4.72 Å². The number of nitrogens with zero attached hydrogens (tertiary/aromatic N) is 2. The molecule has 1 aromatic carbocycles. The molecule has 1 aromatic rings. The van der Waals surface area contributed by atoms with Crippen molar-refractivity contribution in [1.82, 2.24) is 9.62 Å². The summed E-state index contributed by atoms with van der Waals surface area (Å²) in [4.78, 5) is 2.64. The molecule has 1 unspecified atom stereocenters. The summed E-state index contributed by atoms with van der Waals surface area (Å²) in [6, 6.07) is 7.37. The maximum Gasteiger partial charge on any atom is 0.241 e. The Kier molecular flexibility index (Phi) is 3.74. The SMILES string of the molecule is Cc1cc(C#N)ccc1S(=O)(=O)NC1CCN(C2CC2)C1. The summed E-state index contributed by atoms with van der Waals surface area (Å²) in [5.74, 6) is 0. The van der Waals surface area contributed by atoms with Gasteiger partial charge in [-0.1, -0.05) is 0 Å². The number of sulfonamides is 1. The Bertz CT molecular complexity index is 689. The van der Waals surface area contributed by atoms with Crippen LogP contribution in [-0.4, -0.2) is 38.5 Å². The molecule has 0 bridgehead atoms. The van der Waals surface area contributed by atoms with Crippen LogP contribution in [0.25, 0.3) is 0 Å². The third kappa shape index (κ3) is 3.10. The maximum absolute atomic E-state index is 12.5. The molecule has 5 nitrogen and oxygen atoms in total. The van der Waals surface area contributed by atoms with Crippen LogP contribution in [-0.2, 0) is 10.0 Å². The number of nitriles is 1. The van der Waals surface area contributed by atoms with Gasteiger partial charge in [-0.2, -0.15) is 5.26 Å². The molecule has 1 N–H and O–H groups in total. The van der Waals surface area contributed by atoms with E-state index in [0.29, 0.717) is 17.2 Å². The van der Waals surface area contributed by atoms with Crippen molar-refractivity contribution >= 4 is 10.0 Å². The first-order valence-corrected chi connectivity index (χ1v) is 8.75. The van der Waals surface area contributed by atoms with E-state index in [0.717, 1.165) is 19.5 Å². The summed E-state index contributed by atoms with van der Waals surface area (Å²) in [5, 5.41) is 8.85. The molecule has 1 saturated heterocycles. The Morgan fingerprint density at radius 3 is 2.71 bits per heavy atom. The highest BCUT2D eigenvalue weighted by molar-refractivity contribution is 7.89. The van der Waals surface area contributed by atoms with Gasteiger partial charge in [-0.15, -0.1) is 0 Å². The standard InChI is InChI=1S/C15H19N3O2S/c1-11-8-12(9-16)2-5-15(11)21(19,20)17-13-6-7-18(10-13)14-3-4-14/h2,5,8,13-14,17H,3-4,6-7,10H2,1H3. The number of benzene rings is 1. The van der Waals surface area contributed by atoms with Crippen LogP contribution in [0.3, 0.4) is 0 Å². The van der Waals surface area contributed by atoms with Crippen molar-refractivity contribution in [2.45, 2.75) is 43.2 Å². The van der Waals surface area contributed by atoms with Gasteiger partial charge in [0.2, 0.25) is 10.0 Å². The highest BCUT2D eigenvalue weighted by atomic mass is 32.2. The molecule has 0 amide bonds. The van der Waals surface area contributed by atoms with Gasteiger partial charge >= 0.3 is 0 Å². The molecule has 1 heterocycles. The highest BCUT2D eigenvalue weighted by Crippen LogP contribution is 2.30. The van der Waals surface area contributed by atoms with Crippen LogP contribution in [0.1, 0.15) is 30.4 Å². The molecule has 0 radical (unpaired) electrons. The van der Waals surface area contributed by atoms with E-state index < -0.39 is 10.0 Å². The van der Waals surface area contributed by atoms with Crippen molar-refractivity contribution in [3.8, 4) is 6.07 Å². The zero-order valence-electron chi connectivity index (χ0n) is 12.0. The van der Waals surface area contributed by atoms with E-state index in [1.54, 1.807) is 19.1 Å². The quantitative estimate of drug-likeness (QED) is 0.912. The molecule has 112 valence electrons. The molecule has 1 aliphatic heterocycles. The molecular formula is C15H19N3O2S. The highest BCUT2D eigenvalue weighted by Gasteiger charge is 2.35. The van der Waals surface area contributed by atoms with Gasteiger partial charge in [0.25, 0.3) is 0 Å². The lowest BCUT2D eigenvalue weighted by Gasteiger charge is -2.16. The van der Waals surface area contributed by atoms with Crippen LogP contribution in [0.4, 0.5) is 0 Å². The molecule has 1 aliphatic carbocycles. The van der Waals surface area contributed by atoms with Gasteiger partial charge in [0.1, 0.15) is 0 Å². The molecular weight excluding hydrogens is 286 g/mol. The summed E-state index contributed by atoms with van der Waals surface area (Å²) < 4.78 is 27.8. The molecule has 1 saturated carbocycles. The van der Waals surface area contributed by atoms with Crippen LogP contribution >= 0.6 is 0 Å². The Morgan fingerprint density at radius 1 is 1.33 bits per heavy atom. The first kappa shape index (κ1) is 14.5. The number of nitrogens with one attached hydrogen (secondary N) is 1. The van der Waals surface area contributed by atoms with E-state index in [9.17, 15) is 8.42 Å². The Balaban J connectivity index is 1.73. The molecule has 3 rings (SSSR count). The largest absolute Gasteiger partial charge is 0.299 e. The molecule has 1 atom stereocenters. The molecule has 2 aliphatic rings. The van der Waals surface area contributed by atoms with Gasteiger partial charge < -0.3 is 0 Å². The third-order valence-electron chi connectivity index (χ3n) is 4.20. The van der Waals surface area contributed by atoms with Crippen molar-refractivity contribution in [3.05, 3.63) is 29.3 Å². The fraction of sp³-hybridized carbons (Fsp3) is 0.533. The number of hydrogen-bond donors (Lipinski definition) is 1. The van der Waals surface area contributed by atoms with Crippen molar-refractivity contribution in [2.24, 2.45) is 0 Å². The first-order valence-electron chi connectivity index (χ1n) is 7.27. The predicted octanol–water partition coefficient (Wildman–Crippen LogP) is 1.38. The minimum absolute atomic E-state index is 0.00866. The number of aryl methyl sites for hydroxylation is 1. The summed E-state index contributed by atoms with van der Waals surface area (Å²) in [7, 11) is -3.51. The van der Waals surface area contributed by atoms with Crippen LogP contribution in [0.2, 0.25) is 0 Å². The lowest BCUT2D eigenvalue weighted by Crippen LogP contribution is -2.37. The van der Waals surface area contributed by atoms with Crippen LogP contribution in [0.5, 0.6) is 0 Å². The minimum atomic E-state index is -3.51. The minimum Gasteiger partial charge on any atom is -0.299 e. The van der Waals surface area contributed by atoms with E-state index in [-0.39, 0.29) is 10.9 Å². The van der Waals surface area contributed by atoms with Gasteiger partial charge in [-0.25, -0.2) is 13.1 Å². The van der Waals surface area contributed by atoms with Gasteiger partial charge in [-0.05, 0) is 49.9 Å². The molecule has 6 heteroatoms. The van der Waals surface area contributed by atoms with E-state index in [2.05, 4.69) is 9.62 Å². The molecule has 2 fully saturated rings. The second-order valence-corrected chi connectivity index (χ2v) is 7.61. The zero-order chi connectivity index (χ0) is 15.0. The second-order valence-electron chi connectivity index (χ2n) is 5.93. The average molecular weight is 305 g/mol. The lowest BCUT2D eigenvalue weighted by molar-refractivity contribution is 0.322. The Labute approximate surface area is 125 Å². The van der Waals surface area contributed by atoms with Crippen LogP contribution in [0.15, 0.2) is 23.1 Å². The smallest absolute Gasteiger partial charge is 0.241 e. The van der Waals surface area contributed by atoms with E-state index in [1.165, 1.54) is 18.9 Å². The van der Waals surface area contributed by atoms with E-state index in [1.807, 2.05) is 6.07 Å². The average Bonchev–Trinajstić information content (AvgIpc) is 3.19. The van der Waals surface area contributed by atoms with Gasteiger partial charge in [0, 0.05) is 25.2 Å². The third-order valence-corrected chi connectivity index (χ3v) is 5.88. The van der Waals surface area contributed by atoms with Gasteiger partial charge in [0.05, 0.1) is 16.5 Å². The summed E-state index contributed by atoms with van der Waals surface area (Å²) >= 11 is 0. The predicted molar refractivity (Wildman–Crippen MR) is 79.2 cm³/mol. The number of hydrogen-bond acceptors (Lipinski definition) is 4. The molecule has 0 aromatic heterocycles.